The number of benzene rings is 2. The molecule has 0 atom stereocenters. The van der Waals surface area contributed by atoms with Crippen molar-refractivity contribution in [3.05, 3.63) is 65.9 Å². The second kappa shape index (κ2) is 5.39. The molecule has 4 rings (SSSR count). The van der Waals surface area contributed by atoms with Crippen LogP contribution in [0.1, 0.15) is 16.1 Å². The number of hydrogen-bond donors (Lipinski definition) is 0. The SMILES string of the molecule is COc1ccc2nc(C(=O)N3CCc4ccccc43)ccc2c1. The molecule has 0 N–H and O–H groups in total. The molecule has 0 bridgehead atoms. The van der Waals surface area contributed by atoms with Crippen molar-refractivity contribution in [1.29, 1.82) is 0 Å². The van der Waals surface area contributed by atoms with Crippen LogP contribution in [-0.2, 0) is 6.42 Å². The van der Waals surface area contributed by atoms with Gasteiger partial charge in [-0.1, -0.05) is 24.3 Å². The van der Waals surface area contributed by atoms with Gasteiger partial charge in [0.1, 0.15) is 11.4 Å². The highest BCUT2D eigenvalue weighted by Crippen LogP contribution is 2.29. The second-order valence-corrected chi connectivity index (χ2v) is 5.59. The van der Waals surface area contributed by atoms with E-state index in [1.54, 1.807) is 13.2 Å². The maximum absolute atomic E-state index is 12.8. The molecule has 0 spiro atoms. The summed E-state index contributed by atoms with van der Waals surface area (Å²) >= 11 is 0. The number of methoxy groups -OCH3 is 1. The highest BCUT2D eigenvalue weighted by atomic mass is 16.5. The van der Waals surface area contributed by atoms with E-state index >= 15 is 0 Å². The molecule has 1 aliphatic heterocycles. The van der Waals surface area contributed by atoms with Gasteiger partial charge in [0.05, 0.1) is 12.6 Å². The van der Waals surface area contributed by atoms with E-state index in [0.29, 0.717) is 12.2 Å². The molecule has 23 heavy (non-hydrogen) atoms. The summed E-state index contributed by atoms with van der Waals surface area (Å²) in [5, 5.41) is 0.961. The Morgan fingerprint density at radius 2 is 2.00 bits per heavy atom. The number of hydrogen-bond acceptors (Lipinski definition) is 3. The zero-order chi connectivity index (χ0) is 15.8. The van der Waals surface area contributed by atoms with Crippen LogP contribution in [0, 0.1) is 0 Å². The van der Waals surface area contributed by atoms with Crippen LogP contribution < -0.4 is 9.64 Å². The molecular formula is C19H16N2O2. The third-order valence-electron chi connectivity index (χ3n) is 4.25. The van der Waals surface area contributed by atoms with Gasteiger partial charge in [0.2, 0.25) is 0 Å². The molecule has 0 unspecified atom stereocenters. The predicted octanol–water partition coefficient (Wildman–Crippen LogP) is 3.45. The van der Waals surface area contributed by atoms with Crippen LogP contribution >= 0.6 is 0 Å². The monoisotopic (exact) mass is 304 g/mol. The minimum atomic E-state index is -0.0485. The largest absolute Gasteiger partial charge is 0.497 e. The van der Waals surface area contributed by atoms with Crippen LogP contribution in [-0.4, -0.2) is 24.5 Å². The van der Waals surface area contributed by atoms with Crippen molar-refractivity contribution in [2.24, 2.45) is 0 Å². The fourth-order valence-corrected chi connectivity index (χ4v) is 3.04. The van der Waals surface area contributed by atoms with Crippen LogP contribution in [0.5, 0.6) is 5.75 Å². The number of pyridine rings is 1. The smallest absolute Gasteiger partial charge is 0.276 e. The van der Waals surface area contributed by atoms with Gasteiger partial charge < -0.3 is 9.64 Å². The number of anilines is 1. The van der Waals surface area contributed by atoms with Gasteiger partial charge in [0, 0.05) is 17.6 Å². The first-order valence-electron chi connectivity index (χ1n) is 7.61. The molecule has 2 aromatic carbocycles. The molecule has 114 valence electrons. The van der Waals surface area contributed by atoms with Crippen molar-refractivity contribution in [3.8, 4) is 5.75 Å². The summed E-state index contributed by atoms with van der Waals surface area (Å²) in [5.41, 5.74) is 3.48. The summed E-state index contributed by atoms with van der Waals surface area (Å²) in [6.45, 7) is 0.709. The Kier molecular flexibility index (Phi) is 3.23. The first kappa shape index (κ1) is 13.8. The first-order chi connectivity index (χ1) is 11.3. The quantitative estimate of drug-likeness (QED) is 0.728. The highest BCUT2D eigenvalue weighted by Gasteiger charge is 2.25. The molecule has 0 saturated heterocycles. The lowest BCUT2D eigenvalue weighted by Gasteiger charge is -2.17. The average Bonchev–Trinajstić information content (AvgIpc) is 3.04. The highest BCUT2D eigenvalue weighted by molar-refractivity contribution is 6.07. The third-order valence-corrected chi connectivity index (χ3v) is 4.25. The van der Waals surface area contributed by atoms with E-state index in [1.165, 1.54) is 5.56 Å². The zero-order valence-corrected chi connectivity index (χ0v) is 12.8. The maximum Gasteiger partial charge on any atom is 0.276 e. The number of nitrogens with zero attached hydrogens (tertiary/aromatic N) is 2. The zero-order valence-electron chi connectivity index (χ0n) is 12.8. The topological polar surface area (TPSA) is 42.4 Å². The number of carbonyl (C=O) groups is 1. The molecule has 4 nitrogen and oxygen atoms in total. The number of fused-ring (bicyclic) bond motifs is 2. The molecule has 1 amide bonds. The van der Waals surface area contributed by atoms with Crippen molar-refractivity contribution < 1.29 is 9.53 Å². The molecule has 0 radical (unpaired) electrons. The second-order valence-electron chi connectivity index (χ2n) is 5.59. The lowest BCUT2D eigenvalue weighted by Crippen LogP contribution is -2.29. The molecule has 0 fully saturated rings. The number of para-hydroxylation sites is 1. The minimum Gasteiger partial charge on any atom is -0.497 e. The number of carbonyl (C=O) groups excluding carboxylic acids is 1. The summed E-state index contributed by atoms with van der Waals surface area (Å²) < 4.78 is 5.22. The molecule has 0 saturated carbocycles. The van der Waals surface area contributed by atoms with Crippen LogP contribution in [0.4, 0.5) is 5.69 Å². The number of amides is 1. The van der Waals surface area contributed by atoms with Gasteiger partial charge >= 0.3 is 0 Å². The van der Waals surface area contributed by atoms with Crippen molar-refractivity contribution in [2.45, 2.75) is 6.42 Å². The number of rotatable bonds is 2. The van der Waals surface area contributed by atoms with E-state index in [2.05, 4.69) is 11.1 Å². The van der Waals surface area contributed by atoms with E-state index in [0.717, 1.165) is 28.8 Å². The third kappa shape index (κ3) is 2.32. The van der Waals surface area contributed by atoms with E-state index in [9.17, 15) is 4.79 Å². The van der Waals surface area contributed by atoms with Crippen LogP contribution in [0.25, 0.3) is 10.9 Å². The summed E-state index contributed by atoms with van der Waals surface area (Å²) in [7, 11) is 1.64. The Hall–Kier alpha value is -2.88. The first-order valence-corrected chi connectivity index (χ1v) is 7.61. The fourth-order valence-electron chi connectivity index (χ4n) is 3.04. The normalized spacial score (nSPS) is 13.2. The summed E-state index contributed by atoms with van der Waals surface area (Å²) in [6.07, 6.45) is 0.896. The van der Waals surface area contributed by atoms with E-state index < -0.39 is 0 Å². The summed E-state index contributed by atoms with van der Waals surface area (Å²) in [5.74, 6) is 0.736. The van der Waals surface area contributed by atoms with E-state index in [1.807, 2.05) is 47.4 Å². The Balaban J connectivity index is 1.71. The van der Waals surface area contributed by atoms with Gasteiger partial charge in [0.25, 0.3) is 5.91 Å². The van der Waals surface area contributed by atoms with Gasteiger partial charge in [-0.05, 0) is 42.3 Å². The Morgan fingerprint density at radius 1 is 1.13 bits per heavy atom. The van der Waals surface area contributed by atoms with E-state index in [-0.39, 0.29) is 5.91 Å². The lowest BCUT2D eigenvalue weighted by atomic mass is 10.1. The van der Waals surface area contributed by atoms with Crippen molar-refractivity contribution in [1.82, 2.24) is 4.98 Å². The van der Waals surface area contributed by atoms with Gasteiger partial charge in [-0.2, -0.15) is 0 Å². The lowest BCUT2D eigenvalue weighted by molar-refractivity contribution is 0.0985. The van der Waals surface area contributed by atoms with Gasteiger partial charge in [0.15, 0.2) is 0 Å². The Labute approximate surface area is 134 Å². The summed E-state index contributed by atoms with van der Waals surface area (Å²) in [4.78, 5) is 19.1. The molecule has 1 aromatic heterocycles. The average molecular weight is 304 g/mol. The number of aromatic nitrogens is 1. The van der Waals surface area contributed by atoms with Crippen LogP contribution in [0.15, 0.2) is 54.6 Å². The summed E-state index contributed by atoms with van der Waals surface area (Å²) in [6, 6.07) is 17.4. The molecule has 1 aliphatic rings. The molecule has 2 heterocycles. The molecule has 0 aliphatic carbocycles. The fraction of sp³-hybridized carbons (Fsp3) is 0.158. The van der Waals surface area contributed by atoms with E-state index in [4.69, 9.17) is 4.74 Å². The van der Waals surface area contributed by atoms with Crippen molar-refractivity contribution in [3.63, 3.8) is 0 Å². The molecule has 3 aromatic rings. The van der Waals surface area contributed by atoms with Crippen molar-refractivity contribution in [2.75, 3.05) is 18.6 Å². The van der Waals surface area contributed by atoms with Crippen molar-refractivity contribution >= 4 is 22.5 Å². The van der Waals surface area contributed by atoms with Gasteiger partial charge in [-0.15, -0.1) is 0 Å². The minimum absolute atomic E-state index is 0.0485. The Bertz CT molecular complexity index is 905. The number of ether oxygens (including phenoxy) is 1. The Morgan fingerprint density at radius 3 is 2.87 bits per heavy atom. The molecular weight excluding hydrogens is 288 g/mol. The van der Waals surface area contributed by atoms with Gasteiger partial charge in [-0.25, -0.2) is 4.98 Å². The standard InChI is InChI=1S/C19H16N2O2/c1-23-15-7-9-16-14(12-15)6-8-17(20-16)19(22)21-11-10-13-4-2-3-5-18(13)21/h2-9,12H,10-11H2,1H3. The van der Waals surface area contributed by atoms with Gasteiger partial charge in [-0.3, -0.25) is 4.79 Å². The molecule has 4 heteroatoms. The predicted molar refractivity (Wildman–Crippen MR) is 90.1 cm³/mol. The van der Waals surface area contributed by atoms with Crippen LogP contribution in [0.3, 0.4) is 0 Å². The van der Waals surface area contributed by atoms with Crippen LogP contribution in [0.2, 0.25) is 0 Å². The maximum atomic E-state index is 12.8.